The Morgan fingerprint density at radius 3 is 2.61 bits per heavy atom. The van der Waals surface area contributed by atoms with Crippen LogP contribution in [0.3, 0.4) is 0 Å². The SMILES string of the molecule is O=C(CCCc1cccnc1)N1CCN2C(=O)c3ccccc3C12c1ccc(Cl)cc1. The van der Waals surface area contributed by atoms with E-state index in [1.807, 2.05) is 76.7 Å². The summed E-state index contributed by atoms with van der Waals surface area (Å²) in [5.41, 5.74) is 2.61. The van der Waals surface area contributed by atoms with Crippen LogP contribution in [0.15, 0.2) is 73.1 Å². The minimum atomic E-state index is -0.913. The third-order valence-corrected chi connectivity index (χ3v) is 6.49. The molecule has 3 aromatic rings. The van der Waals surface area contributed by atoms with Crippen LogP contribution in [0.1, 0.15) is 39.9 Å². The molecule has 0 bridgehead atoms. The molecule has 5 rings (SSSR count). The Morgan fingerprint density at radius 1 is 1.03 bits per heavy atom. The molecule has 0 saturated carbocycles. The Kier molecular flexibility index (Phi) is 4.98. The summed E-state index contributed by atoms with van der Waals surface area (Å²) in [7, 11) is 0. The topological polar surface area (TPSA) is 53.5 Å². The van der Waals surface area contributed by atoms with Crippen LogP contribution in [0.2, 0.25) is 5.02 Å². The van der Waals surface area contributed by atoms with Gasteiger partial charge < -0.3 is 9.80 Å². The molecule has 0 radical (unpaired) electrons. The summed E-state index contributed by atoms with van der Waals surface area (Å²) in [6, 6.07) is 19.0. The van der Waals surface area contributed by atoms with Gasteiger partial charge in [-0.15, -0.1) is 0 Å². The van der Waals surface area contributed by atoms with E-state index < -0.39 is 5.66 Å². The molecule has 31 heavy (non-hydrogen) atoms. The molecule has 1 atom stereocenters. The second kappa shape index (κ2) is 7.82. The minimum Gasteiger partial charge on any atom is -0.310 e. The number of fused-ring (bicyclic) bond motifs is 3. The van der Waals surface area contributed by atoms with Gasteiger partial charge in [-0.3, -0.25) is 14.6 Å². The van der Waals surface area contributed by atoms with Gasteiger partial charge in [-0.05, 0) is 42.7 Å². The minimum absolute atomic E-state index is 0.0313. The number of pyridine rings is 1. The number of hydrogen-bond acceptors (Lipinski definition) is 3. The highest BCUT2D eigenvalue weighted by molar-refractivity contribution is 6.30. The van der Waals surface area contributed by atoms with E-state index in [2.05, 4.69) is 4.98 Å². The van der Waals surface area contributed by atoms with Crippen LogP contribution in [0.5, 0.6) is 0 Å². The van der Waals surface area contributed by atoms with Crippen molar-refractivity contribution in [2.45, 2.75) is 24.9 Å². The number of hydrogen-bond donors (Lipinski definition) is 0. The average Bonchev–Trinajstić information content (AvgIpc) is 3.31. The van der Waals surface area contributed by atoms with E-state index in [1.54, 1.807) is 6.20 Å². The third-order valence-electron chi connectivity index (χ3n) is 6.23. The van der Waals surface area contributed by atoms with Crippen molar-refractivity contribution in [3.8, 4) is 0 Å². The van der Waals surface area contributed by atoms with Gasteiger partial charge in [0.05, 0.1) is 0 Å². The van der Waals surface area contributed by atoms with Gasteiger partial charge in [0.2, 0.25) is 5.91 Å². The highest BCUT2D eigenvalue weighted by atomic mass is 35.5. The highest BCUT2D eigenvalue weighted by Crippen LogP contribution is 2.49. The van der Waals surface area contributed by atoms with Crippen molar-refractivity contribution in [2.24, 2.45) is 0 Å². The lowest BCUT2D eigenvalue weighted by atomic mass is 9.89. The van der Waals surface area contributed by atoms with E-state index in [4.69, 9.17) is 11.6 Å². The molecule has 6 heteroatoms. The number of amides is 2. The van der Waals surface area contributed by atoms with E-state index in [0.717, 1.165) is 29.5 Å². The van der Waals surface area contributed by atoms with E-state index in [0.29, 0.717) is 30.1 Å². The van der Waals surface area contributed by atoms with Gasteiger partial charge in [0.15, 0.2) is 5.66 Å². The maximum Gasteiger partial charge on any atom is 0.256 e. The molecule has 1 aromatic heterocycles. The summed E-state index contributed by atoms with van der Waals surface area (Å²) < 4.78 is 0. The van der Waals surface area contributed by atoms with Crippen molar-refractivity contribution in [2.75, 3.05) is 13.1 Å². The Hall–Kier alpha value is -3.18. The number of carbonyl (C=O) groups excluding carboxylic acids is 2. The first-order valence-electron chi connectivity index (χ1n) is 10.5. The summed E-state index contributed by atoms with van der Waals surface area (Å²) in [5, 5.41) is 0.622. The number of halogens is 1. The first-order valence-corrected chi connectivity index (χ1v) is 10.9. The second-order valence-corrected chi connectivity index (χ2v) is 8.38. The summed E-state index contributed by atoms with van der Waals surface area (Å²) >= 11 is 6.15. The van der Waals surface area contributed by atoms with Crippen molar-refractivity contribution in [3.05, 3.63) is 100 Å². The quantitative estimate of drug-likeness (QED) is 0.606. The monoisotopic (exact) mass is 431 g/mol. The Bertz CT molecular complexity index is 1130. The summed E-state index contributed by atoms with van der Waals surface area (Å²) in [5.74, 6) is 0.0158. The molecule has 1 fully saturated rings. The van der Waals surface area contributed by atoms with Crippen molar-refractivity contribution in [3.63, 3.8) is 0 Å². The third kappa shape index (κ3) is 3.12. The molecule has 3 heterocycles. The molecule has 0 aliphatic carbocycles. The van der Waals surface area contributed by atoms with E-state index in [9.17, 15) is 9.59 Å². The van der Waals surface area contributed by atoms with Gasteiger partial charge in [-0.1, -0.05) is 48.0 Å². The van der Waals surface area contributed by atoms with Crippen molar-refractivity contribution in [1.82, 2.24) is 14.8 Å². The predicted octanol–water partition coefficient (Wildman–Crippen LogP) is 4.26. The molecule has 2 aromatic carbocycles. The smallest absolute Gasteiger partial charge is 0.256 e. The number of benzene rings is 2. The van der Waals surface area contributed by atoms with Crippen LogP contribution >= 0.6 is 11.6 Å². The maximum atomic E-state index is 13.5. The summed E-state index contributed by atoms with van der Waals surface area (Å²) in [6.45, 7) is 1.01. The zero-order valence-electron chi connectivity index (χ0n) is 17.0. The molecular formula is C25H22ClN3O2. The fourth-order valence-corrected chi connectivity index (χ4v) is 5.03. The van der Waals surface area contributed by atoms with Gasteiger partial charge in [0.1, 0.15) is 0 Å². The molecule has 2 amide bonds. The van der Waals surface area contributed by atoms with E-state index in [-0.39, 0.29) is 11.8 Å². The van der Waals surface area contributed by atoms with Crippen LogP contribution in [0.25, 0.3) is 0 Å². The fraction of sp³-hybridized carbons (Fsp3) is 0.240. The predicted molar refractivity (Wildman–Crippen MR) is 119 cm³/mol. The van der Waals surface area contributed by atoms with Crippen LogP contribution in [0.4, 0.5) is 0 Å². The van der Waals surface area contributed by atoms with Crippen LogP contribution in [0, 0.1) is 0 Å². The molecule has 1 unspecified atom stereocenters. The molecule has 1 saturated heterocycles. The van der Waals surface area contributed by atoms with Crippen LogP contribution in [-0.4, -0.2) is 39.7 Å². The van der Waals surface area contributed by atoms with Gasteiger partial charge >= 0.3 is 0 Å². The zero-order valence-corrected chi connectivity index (χ0v) is 17.8. The molecule has 156 valence electrons. The average molecular weight is 432 g/mol. The van der Waals surface area contributed by atoms with Gasteiger partial charge in [-0.25, -0.2) is 0 Å². The lowest BCUT2D eigenvalue weighted by molar-refractivity contribution is -0.136. The van der Waals surface area contributed by atoms with Crippen molar-refractivity contribution in [1.29, 1.82) is 0 Å². The van der Waals surface area contributed by atoms with Crippen LogP contribution < -0.4 is 0 Å². The number of rotatable bonds is 5. The zero-order chi connectivity index (χ0) is 21.4. The molecule has 2 aliphatic rings. The Morgan fingerprint density at radius 2 is 1.84 bits per heavy atom. The Balaban J connectivity index is 1.51. The first kappa shape index (κ1) is 19.8. The summed E-state index contributed by atoms with van der Waals surface area (Å²) in [4.78, 5) is 34.6. The van der Waals surface area contributed by atoms with Crippen LogP contribution in [-0.2, 0) is 16.9 Å². The largest absolute Gasteiger partial charge is 0.310 e. The molecule has 0 N–H and O–H groups in total. The number of nitrogens with zero attached hydrogens (tertiary/aromatic N) is 3. The Labute approximate surface area is 186 Å². The normalized spacial score (nSPS) is 19.5. The lowest BCUT2D eigenvalue weighted by Crippen LogP contribution is -2.51. The first-order chi connectivity index (χ1) is 15.1. The van der Waals surface area contributed by atoms with Gasteiger partial charge in [0.25, 0.3) is 5.91 Å². The van der Waals surface area contributed by atoms with Crippen molar-refractivity contribution < 1.29 is 9.59 Å². The highest BCUT2D eigenvalue weighted by Gasteiger charge is 2.59. The summed E-state index contributed by atoms with van der Waals surface area (Å²) in [6.07, 6.45) is 5.52. The molecule has 5 nitrogen and oxygen atoms in total. The van der Waals surface area contributed by atoms with Gasteiger partial charge in [-0.2, -0.15) is 0 Å². The lowest BCUT2D eigenvalue weighted by Gasteiger charge is -2.40. The number of aromatic nitrogens is 1. The molecule has 0 spiro atoms. The van der Waals surface area contributed by atoms with Gasteiger partial charge in [0, 0.05) is 53.6 Å². The van der Waals surface area contributed by atoms with E-state index in [1.165, 1.54) is 0 Å². The molecular weight excluding hydrogens is 410 g/mol. The number of carbonyl (C=O) groups is 2. The fourth-order valence-electron chi connectivity index (χ4n) is 4.91. The van der Waals surface area contributed by atoms with Crippen molar-refractivity contribution >= 4 is 23.4 Å². The maximum absolute atomic E-state index is 13.5. The second-order valence-electron chi connectivity index (χ2n) is 7.94. The molecule has 2 aliphatic heterocycles. The standard InChI is InChI=1S/C25H22ClN3O2/c26-20-12-10-19(11-13-20)25-22-8-2-1-7-21(22)24(31)29(25)16-15-28(25)23(30)9-3-5-18-6-4-14-27-17-18/h1-2,4,6-8,10-14,17H,3,5,9,15-16H2. The number of aryl methyl sites for hydroxylation is 1. The van der Waals surface area contributed by atoms with E-state index >= 15 is 0 Å².